The lowest BCUT2D eigenvalue weighted by Crippen LogP contribution is -2.37. The molecule has 1 amide bonds. The highest BCUT2D eigenvalue weighted by atomic mass is 35.5. The van der Waals surface area contributed by atoms with E-state index >= 15 is 0 Å². The molecular weight excluding hydrogens is 274 g/mol. The van der Waals surface area contributed by atoms with Crippen molar-refractivity contribution >= 4 is 18.3 Å². The molecule has 0 radical (unpaired) electrons. The van der Waals surface area contributed by atoms with Crippen LogP contribution >= 0.6 is 12.4 Å². The Labute approximate surface area is 118 Å². The largest absolute Gasteiger partial charge is 0.339 e. The Morgan fingerprint density at radius 3 is 2.47 bits per heavy atom. The van der Waals surface area contributed by atoms with Crippen LogP contribution in [0.5, 0.6) is 0 Å². The molecule has 2 N–H and O–H groups in total. The first-order valence-corrected chi connectivity index (χ1v) is 5.80. The lowest BCUT2D eigenvalue weighted by molar-refractivity contribution is -0.135. The number of amides is 1. The molecule has 0 aliphatic rings. The minimum absolute atomic E-state index is 0. The van der Waals surface area contributed by atoms with Gasteiger partial charge in [-0.2, -0.15) is 0 Å². The molecule has 0 bridgehead atoms. The van der Waals surface area contributed by atoms with Crippen LogP contribution in [0.2, 0.25) is 0 Å². The van der Waals surface area contributed by atoms with E-state index in [4.69, 9.17) is 5.73 Å². The van der Waals surface area contributed by atoms with Gasteiger partial charge in [-0.25, -0.2) is 8.78 Å². The fraction of sp³-hybridized carbons (Fsp3) is 0.462. The first-order valence-electron chi connectivity index (χ1n) is 5.80. The van der Waals surface area contributed by atoms with Crippen molar-refractivity contribution in [2.75, 3.05) is 13.6 Å². The Morgan fingerprint density at radius 2 is 1.95 bits per heavy atom. The number of halogens is 3. The van der Waals surface area contributed by atoms with E-state index in [1.165, 1.54) is 4.90 Å². The summed E-state index contributed by atoms with van der Waals surface area (Å²) in [5.74, 6) is -1.57. The molecular formula is C13H19ClF2N2O. The number of hydrogen-bond donors (Lipinski definition) is 1. The van der Waals surface area contributed by atoms with Crippen LogP contribution in [0, 0.1) is 17.6 Å². The lowest BCUT2D eigenvalue weighted by Gasteiger charge is -2.28. The first-order chi connectivity index (χ1) is 8.38. The fourth-order valence-corrected chi connectivity index (χ4v) is 1.68. The van der Waals surface area contributed by atoms with E-state index in [1.54, 1.807) is 20.9 Å². The molecule has 2 atom stereocenters. The Hall–Kier alpha value is -1.20. The van der Waals surface area contributed by atoms with E-state index < -0.39 is 17.7 Å². The van der Waals surface area contributed by atoms with Crippen LogP contribution in [0.4, 0.5) is 8.78 Å². The number of nitrogens with two attached hydrogens (primary N) is 1. The molecule has 0 saturated heterocycles. The zero-order valence-corrected chi connectivity index (χ0v) is 12.0. The highest BCUT2D eigenvalue weighted by Crippen LogP contribution is 2.23. The minimum atomic E-state index is -0.540. The van der Waals surface area contributed by atoms with Crippen molar-refractivity contribution in [3.05, 3.63) is 35.4 Å². The molecule has 6 heteroatoms. The van der Waals surface area contributed by atoms with Crippen LogP contribution in [0.15, 0.2) is 18.2 Å². The third kappa shape index (κ3) is 4.14. The summed E-state index contributed by atoms with van der Waals surface area (Å²) in [5, 5.41) is 0. The van der Waals surface area contributed by atoms with Crippen LogP contribution < -0.4 is 5.73 Å². The maximum Gasteiger partial charge on any atom is 0.226 e. The Morgan fingerprint density at radius 1 is 1.37 bits per heavy atom. The predicted molar refractivity (Wildman–Crippen MR) is 73.0 cm³/mol. The molecule has 1 aromatic rings. The SMILES string of the molecule is CC(CN)C(=O)N(C)C(C)c1cc(F)ccc1F.Cl. The summed E-state index contributed by atoms with van der Waals surface area (Å²) >= 11 is 0. The molecule has 0 saturated carbocycles. The summed E-state index contributed by atoms with van der Waals surface area (Å²) in [6.45, 7) is 3.58. The smallest absolute Gasteiger partial charge is 0.226 e. The average Bonchev–Trinajstić information content (AvgIpc) is 2.38. The number of carbonyl (C=O) groups is 1. The van der Waals surface area contributed by atoms with Gasteiger partial charge in [0.25, 0.3) is 0 Å². The fourth-order valence-electron chi connectivity index (χ4n) is 1.68. The van der Waals surface area contributed by atoms with Crippen molar-refractivity contribution in [1.29, 1.82) is 0 Å². The summed E-state index contributed by atoms with van der Waals surface area (Å²) in [6, 6.07) is 2.68. The summed E-state index contributed by atoms with van der Waals surface area (Å²) in [7, 11) is 1.56. The predicted octanol–water partition coefficient (Wildman–Crippen LogP) is 2.50. The van der Waals surface area contributed by atoms with Crippen molar-refractivity contribution < 1.29 is 13.6 Å². The molecule has 0 aliphatic carbocycles. The van der Waals surface area contributed by atoms with Crippen LogP contribution in [0.1, 0.15) is 25.5 Å². The molecule has 0 heterocycles. The zero-order chi connectivity index (χ0) is 13.9. The first kappa shape index (κ1) is 17.8. The third-order valence-electron chi connectivity index (χ3n) is 3.11. The van der Waals surface area contributed by atoms with E-state index in [-0.39, 0.29) is 36.3 Å². The topological polar surface area (TPSA) is 46.3 Å². The number of hydrogen-bond acceptors (Lipinski definition) is 2. The number of nitrogens with zero attached hydrogens (tertiary/aromatic N) is 1. The Kier molecular flexibility index (Phi) is 6.94. The number of rotatable bonds is 4. The van der Waals surface area contributed by atoms with Gasteiger partial charge in [0.1, 0.15) is 11.6 Å². The second kappa shape index (κ2) is 7.40. The standard InChI is InChI=1S/C13H18F2N2O.ClH/c1-8(7-16)13(18)17(3)9(2)11-6-10(14)4-5-12(11)15;/h4-6,8-9H,7,16H2,1-3H3;1H. The van der Waals surface area contributed by atoms with Gasteiger partial charge in [0.15, 0.2) is 0 Å². The van der Waals surface area contributed by atoms with E-state index in [1.807, 2.05) is 0 Å². The van der Waals surface area contributed by atoms with Gasteiger partial charge in [0.05, 0.1) is 6.04 Å². The number of benzene rings is 1. The van der Waals surface area contributed by atoms with Gasteiger partial charge >= 0.3 is 0 Å². The second-order valence-electron chi connectivity index (χ2n) is 4.43. The lowest BCUT2D eigenvalue weighted by atomic mass is 10.0. The second-order valence-corrected chi connectivity index (χ2v) is 4.43. The molecule has 19 heavy (non-hydrogen) atoms. The van der Waals surface area contributed by atoms with Gasteiger partial charge in [-0.15, -0.1) is 12.4 Å². The maximum atomic E-state index is 13.6. The Bertz CT molecular complexity index is 443. The van der Waals surface area contributed by atoms with E-state index in [0.717, 1.165) is 18.2 Å². The molecule has 1 aromatic carbocycles. The Balaban J connectivity index is 0.00000324. The molecule has 0 aliphatic heterocycles. The molecule has 0 aromatic heterocycles. The van der Waals surface area contributed by atoms with E-state index in [9.17, 15) is 13.6 Å². The quantitative estimate of drug-likeness (QED) is 0.927. The summed E-state index contributed by atoms with van der Waals surface area (Å²) < 4.78 is 26.7. The van der Waals surface area contributed by atoms with Gasteiger partial charge in [-0.05, 0) is 25.1 Å². The molecule has 0 spiro atoms. The van der Waals surface area contributed by atoms with Gasteiger partial charge in [0, 0.05) is 25.1 Å². The van der Waals surface area contributed by atoms with Gasteiger partial charge in [0.2, 0.25) is 5.91 Å². The van der Waals surface area contributed by atoms with Crippen molar-refractivity contribution in [1.82, 2.24) is 4.90 Å². The molecule has 0 fully saturated rings. The van der Waals surface area contributed by atoms with Crippen molar-refractivity contribution in [2.45, 2.75) is 19.9 Å². The summed E-state index contributed by atoms with van der Waals surface area (Å²) in [4.78, 5) is 13.3. The van der Waals surface area contributed by atoms with Gasteiger partial charge in [-0.3, -0.25) is 4.79 Å². The highest BCUT2D eigenvalue weighted by molar-refractivity contribution is 5.85. The van der Waals surface area contributed by atoms with E-state index in [2.05, 4.69) is 0 Å². The summed E-state index contributed by atoms with van der Waals surface area (Å²) in [6.07, 6.45) is 0. The summed E-state index contributed by atoms with van der Waals surface area (Å²) in [5.41, 5.74) is 5.58. The maximum absolute atomic E-state index is 13.6. The zero-order valence-electron chi connectivity index (χ0n) is 11.2. The van der Waals surface area contributed by atoms with Crippen LogP contribution in [0.3, 0.4) is 0 Å². The molecule has 2 unspecified atom stereocenters. The monoisotopic (exact) mass is 292 g/mol. The number of carbonyl (C=O) groups excluding carboxylic acids is 1. The molecule has 3 nitrogen and oxygen atoms in total. The van der Waals surface area contributed by atoms with Gasteiger partial charge < -0.3 is 10.6 Å². The van der Waals surface area contributed by atoms with Crippen LogP contribution in [0.25, 0.3) is 0 Å². The van der Waals surface area contributed by atoms with Gasteiger partial charge in [-0.1, -0.05) is 6.92 Å². The molecule has 1 rings (SSSR count). The normalized spacial score (nSPS) is 13.4. The van der Waals surface area contributed by atoms with Crippen molar-refractivity contribution in [2.24, 2.45) is 11.7 Å². The van der Waals surface area contributed by atoms with Crippen molar-refractivity contribution in [3.8, 4) is 0 Å². The van der Waals surface area contributed by atoms with Crippen molar-refractivity contribution in [3.63, 3.8) is 0 Å². The molecule has 108 valence electrons. The van der Waals surface area contributed by atoms with E-state index in [0.29, 0.717) is 0 Å². The van der Waals surface area contributed by atoms with Crippen LogP contribution in [-0.2, 0) is 4.79 Å². The third-order valence-corrected chi connectivity index (χ3v) is 3.11. The highest BCUT2D eigenvalue weighted by Gasteiger charge is 2.23. The average molecular weight is 293 g/mol. The van der Waals surface area contributed by atoms with Crippen LogP contribution in [-0.4, -0.2) is 24.4 Å². The minimum Gasteiger partial charge on any atom is -0.339 e.